The second-order valence-electron chi connectivity index (χ2n) is 5.78. The smallest absolute Gasteiger partial charge is 0.258 e. The standard InChI is InChI=1S/C19H16Cl2FN3O2/c1-25-9-8-23-19(25)18(13-4-2-3-5-15(13)22)24-17(26)11-27-16-7-6-12(20)10-14(16)21/h2-10,18H,11H2,1H3,(H,24,26)/t18-/m1/s1. The van der Waals surface area contributed by atoms with Crippen LogP contribution in [0.3, 0.4) is 0 Å². The van der Waals surface area contributed by atoms with Crippen molar-refractivity contribution >= 4 is 29.1 Å². The molecular weight excluding hydrogens is 392 g/mol. The SMILES string of the molecule is Cn1ccnc1[C@H](NC(=O)COc1ccc(Cl)cc1Cl)c1ccccc1F. The minimum atomic E-state index is -0.761. The van der Waals surface area contributed by atoms with Crippen LogP contribution in [-0.2, 0) is 11.8 Å². The number of amides is 1. The number of carbonyl (C=O) groups excluding carboxylic acids is 1. The van der Waals surface area contributed by atoms with Gasteiger partial charge in [-0.05, 0) is 24.3 Å². The van der Waals surface area contributed by atoms with Gasteiger partial charge in [0.1, 0.15) is 23.4 Å². The van der Waals surface area contributed by atoms with Crippen LogP contribution in [0.1, 0.15) is 17.4 Å². The summed E-state index contributed by atoms with van der Waals surface area (Å²) >= 11 is 11.9. The fraction of sp³-hybridized carbons (Fsp3) is 0.158. The molecule has 27 heavy (non-hydrogen) atoms. The fourth-order valence-corrected chi connectivity index (χ4v) is 3.05. The monoisotopic (exact) mass is 407 g/mol. The molecule has 0 aliphatic carbocycles. The van der Waals surface area contributed by atoms with Gasteiger partial charge in [0.05, 0.1) is 5.02 Å². The predicted molar refractivity (Wildman–Crippen MR) is 102 cm³/mol. The largest absolute Gasteiger partial charge is 0.482 e. The van der Waals surface area contributed by atoms with Crippen LogP contribution in [0.4, 0.5) is 4.39 Å². The summed E-state index contributed by atoms with van der Waals surface area (Å²) in [7, 11) is 1.77. The Morgan fingerprint density at radius 2 is 2.07 bits per heavy atom. The van der Waals surface area contributed by atoms with Gasteiger partial charge in [-0.25, -0.2) is 9.37 Å². The maximum atomic E-state index is 14.3. The van der Waals surface area contributed by atoms with Gasteiger partial charge in [0.15, 0.2) is 6.61 Å². The molecule has 0 saturated carbocycles. The third-order valence-electron chi connectivity index (χ3n) is 3.89. The molecule has 3 aromatic rings. The van der Waals surface area contributed by atoms with Crippen molar-refractivity contribution < 1.29 is 13.9 Å². The molecule has 0 aliphatic heterocycles. The van der Waals surface area contributed by atoms with E-state index < -0.39 is 17.8 Å². The molecule has 0 aliphatic rings. The van der Waals surface area contributed by atoms with Crippen LogP contribution in [0.5, 0.6) is 5.75 Å². The van der Waals surface area contributed by atoms with Crippen LogP contribution in [0, 0.1) is 5.82 Å². The first-order valence-electron chi connectivity index (χ1n) is 8.04. The molecule has 1 heterocycles. The lowest BCUT2D eigenvalue weighted by Gasteiger charge is -2.20. The number of hydrogen-bond donors (Lipinski definition) is 1. The van der Waals surface area contributed by atoms with Crippen molar-refractivity contribution in [2.24, 2.45) is 7.05 Å². The summed E-state index contributed by atoms with van der Waals surface area (Å²) in [5.74, 6) is -0.0571. The van der Waals surface area contributed by atoms with E-state index in [9.17, 15) is 9.18 Å². The maximum Gasteiger partial charge on any atom is 0.258 e. The van der Waals surface area contributed by atoms with Crippen molar-refractivity contribution in [2.45, 2.75) is 6.04 Å². The second kappa shape index (κ2) is 8.41. The molecule has 2 aromatic carbocycles. The second-order valence-corrected chi connectivity index (χ2v) is 6.63. The van der Waals surface area contributed by atoms with Crippen molar-refractivity contribution in [3.8, 4) is 5.75 Å². The number of halogens is 3. The molecule has 0 radical (unpaired) electrons. The van der Waals surface area contributed by atoms with Gasteiger partial charge in [-0.3, -0.25) is 4.79 Å². The Bertz CT molecular complexity index is 962. The van der Waals surface area contributed by atoms with Crippen LogP contribution in [0.15, 0.2) is 54.9 Å². The van der Waals surface area contributed by atoms with Crippen LogP contribution >= 0.6 is 23.2 Å². The molecule has 0 bridgehead atoms. The number of hydrogen-bond acceptors (Lipinski definition) is 3. The van der Waals surface area contributed by atoms with Crippen LogP contribution in [0.2, 0.25) is 10.0 Å². The Labute approximate surface area is 165 Å². The van der Waals surface area contributed by atoms with Crippen molar-refractivity contribution in [3.63, 3.8) is 0 Å². The number of nitrogens with zero attached hydrogens (tertiary/aromatic N) is 2. The molecule has 3 rings (SSSR count). The van der Waals surface area contributed by atoms with Gasteiger partial charge in [0.25, 0.3) is 5.91 Å². The lowest BCUT2D eigenvalue weighted by atomic mass is 10.1. The highest BCUT2D eigenvalue weighted by atomic mass is 35.5. The molecule has 1 N–H and O–H groups in total. The minimum Gasteiger partial charge on any atom is -0.482 e. The molecule has 0 unspecified atom stereocenters. The highest BCUT2D eigenvalue weighted by Gasteiger charge is 2.23. The van der Waals surface area contributed by atoms with Gasteiger partial charge in [-0.15, -0.1) is 0 Å². The summed E-state index contributed by atoms with van der Waals surface area (Å²) in [5.41, 5.74) is 0.310. The Morgan fingerprint density at radius 3 is 2.74 bits per heavy atom. The van der Waals surface area contributed by atoms with E-state index in [-0.39, 0.29) is 6.61 Å². The van der Waals surface area contributed by atoms with E-state index in [2.05, 4.69) is 10.3 Å². The number of nitrogens with one attached hydrogen (secondary N) is 1. The maximum absolute atomic E-state index is 14.3. The zero-order valence-corrected chi connectivity index (χ0v) is 15.8. The van der Waals surface area contributed by atoms with Gasteiger partial charge in [-0.2, -0.15) is 0 Å². The van der Waals surface area contributed by atoms with E-state index in [4.69, 9.17) is 27.9 Å². The molecule has 0 spiro atoms. The number of imidazole rings is 1. The average molecular weight is 408 g/mol. The quantitative estimate of drug-likeness (QED) is 0.667. The van der Waals surface area contributed by atoms with E-state index in [1.165, 1.54) is 12.1 Å². The highest BCUT2D eigenvalue weighted by Crippen LogP contribution is 2.27. The summed E-state index contributed by atoms with van der Waals surface area (Å²) < 4.78 is 21.5. The van der Waals surface area contributed by atoms with Crippen molar-refractivity contribution in [1.82, 2.24) is 14.9 Å². The number of rotatable bonds is 6. The first-order valence-corrected chi connectivity index (χ1v) is 8.80. The molecule has 140 valence electrons. The topological polar surface area (TPSA) is 56.2 Å². The van der Waals surface area contributed by atoms with Gasteiger partial charge in [-0.1, -0.05) is 41.4 Å². The van der Waals surface area contributed by atoms with Crippen molar-refractivity contribution in [3.05, 3.63) is 82.1 Å². The Hall–Kier alpha value is -2.57. The van der Waals surface area contributed by atoms with Gasteiger partial charge >= 0.3 is 0 Å². The highest BCUT2D eigenvalue weighted by molar-refractivity contribution is 6.35. The van der Waals surface area contributed by atoms with Crippen LogP contribution < -0.4 is 10.1 Å². The average Bonchev–Trinajstić information content (AvgIpc) is 3.05. The van der Waals surface area contributed by atoms with E-state index >= 15 is 0 Å². The zero-order valence-electron chi connectivity index (χ0n) is 14.3. The molecule has 0 fully saturated rings. The van der Waals surface area contributed by atoms with Gasteiger partial charge in [0.2, 0.25) is 0 Å². The number of aromatic nitrogens is 2. The van der Waals surface area contributed by atoms with E-state index in [1.54, 1.807) is 54.3 Å². The summed E-state index contributed by atoms with van der Waals surface area (Å²) in [6, 6.07) is 10.2. The number of aryl methyl sites for hydroxylation is 1. The van der Waals surface area contributed by atoms with Gasteiger partial charge in [0, 0.05) is 30.0 Å². The molecule has 8 heteroatoms. The predicted octanol–water partition coefficient (Wildman–Crippen LogP) is 4.15. The third-order valence-corrected chi connectivity index (χ3v) is 4.42. The summed E-state index contributed by atoms with van der Waals surface area (Å²) in [6.07, 6.45) is 3.30. The summed E-state index contributed by atoms with van der Waals surface area (Å²) in [5, 5.41) is 3.52. The van der Waals surface area contributed by atoms with Crippen molar-refractivity contribution in [1.29, 1.82) is 0 Å². The molecular formula is C19H16Cl2FN3O2. The number of benzene rings is 2. The van der Waals surface area contributed by atoms with Crippen LogP contribution in [-0.4, -0.2) is 22.1 Å². The van der Waals surface area contributed by atoms with Gasteiger partial charge < -0.3 is 14.6 Å². The minimum absolute atomic E-state index is 0.295. The Kier molecular flexibility index (Phi) is 5.98. The molecule has 1 amide bonds. The zero-order chi connectivity index (χ0) is 19.4. The number of carbonyl (C=O) groups is 1. The van der Waals surface area contributed by atoms with E-state index in [1.807, 2.05) is 0 Å². The summed E-state index contributed by atoms with van der Waals surface area (Å²) in [6.45, 7) is -0.295. The molecule has 5 nitrogen and oxygen atoms in total. The third kappa shape index (κ3) is 4.59. The van der Waals surface area contributed by atoms with Crippen molar-refractivity contribution in [2.75, 3.05) is 6.61 Å². The molecule has 0 saturated heterocycles. The normalized spacial score (nSPS) is 11.9. The van der Waals surface area contributed by atoms with Crippen LogP contribution in [0.25, 0.3) is 0 Å². The first-order chi connectivity index (χ1) is 13.0. The summed E-state index contributed by atoms with van der Waals surface area (Å²) in [4.78, 5) is 16.7. The number of ether oxygens (including phenoxy) is 1. The first kappa shape index (κ1) is 19.2. The lowest BCUT2D eigenvalue weighted by molar-refractivity contribution is -0.123. The Balaban J connectivity index is 1.77. The Morgan fingerprint density at radius 1 is 1.30 bits per heavy atom. The van der Waals surface area contributed by atoms with E-state index in [0.29, 0.717) is 27.2 Å². The van der Waals surface area contributed by atoms with E-state index in [0.717, 1.165) is 0 Å². The molecule has 1 atom stereocenters. The lowest BCUT2D eigenvalue weighted by Crippen LogP contribution is -2.35. The fourth-order valence-electron chi connectivity index (χ4n) is 2.58. The molecule has 1 aromatic heterocycles.